The fraction of sp³-hybridized carbons (Fsp3) is 0.143. The van der Waals surface area contributed by atoms with Crippen LogP contribution in [0.5, 0.6) is 0 Å². The normalized spacial score (nSPS) is 14.6. The molecule has 2 heterocycles. The number of rotatable bonds is 5. The smallest absolute Gasteiger partial charge is 0.261 e. The van der Waals surface area contributed by atoms with E-state index >= 15 is 0 Å². The highest BCUT2D eigenvalue weighted by Gasteiger charge is 2.35. The maximum absolute atomic E-state index is 13.3. The molecule has 1 aromatic heterocycles. The Balaban J connectivity index is 1.57. The standard InChI is InChI=1S/C21H16FNO3/c22-15-9-7-14(8-10-15)16(19-6-3-13-26-19)11-12-23-20(24)17-4-1-2-5-18(17)21(23)25/h1-10,13,16H,11-12H2/t16-/m1/s1. The Hall–Kier alpha value is -3.21. The van der Waals surface area contributed by atoms with Crippen LogP contribution in [0.4, 0.5) is 4.39 Å². The van der Waals surface area contributed by atoms with E-state index in [9.17, 15) is 14.0 Å². The van der Waals surface area contributed by atoms with Gasteiger partial charge in [-0.1, -0.05) is 24.3 Å². The Bertz CT molecular complexity index is 913. The monoisotopic (exact) mass is 349 g/mol. The maximum Gasteiger partial charge on any atom is 0.261 e. The molecule has 130 valence electrons. The highest BCUT2D eigenvalue weighted by molar-refractivity contribution is 6.21. The first-order chi connectivity index (χ1) is 12.6. The number of carbonyl (C=O) groups excluding carboxylic acids is 2. The van der Waals surface area contributed by atoms with E-state index in [1.165, 1.54) is 17.0 Å². The van der Waals surface area contributed by atoms with Crippen molar-refractivity contribution in [1.29, 1.82) is 0 Å². The molecule has 0 spiro atoms. The van der Waals surface area contributed by atoms with E-state index in [0.717, 1.165) is 5.56 Å². The molecule has 2 amide bonds. The molecule has 0 unspecified atom stereocenters. The predicted octanol–water partition coefficient (Wildman–Crippen LogP) is 4.24. The number of hydrogen-bond donors (Lipinski definition) is 0. The van der Waals surface area contributed by atoms with Gasteiger partial charge in [-0.05, 0) is 48.4 Å². The van der Waals surface area contributed by atoms with Crippen LogP contribution in [0.2, 0.25) is 0 Å². The van der Waals surface area contributed by atoms with Gasteiger partial charge in [0.25, 0.3) is 11.8 Å². The molecule has 5 heteroatoms. The van der Waals surface area contributed by atoms with Gasteiger partial charge < -0.3 is 4.42 Å². The molecular formula is C21H16FNO3. The van der Waals surface area contributed by atoms with Crippen LogP contribution in [-0.4, -0.2) is 23.3 Å². The molecule has 2 aromatic carbocycles. The van der Waals surface area contributed by atoms with Crippen LogP contribution in [0.15, 0.2) is 71.3 Å². The second kappa shape index (κ2) is 6.59. The van der Waals surface area contributed by atoms with Crippen molar-refractivity contribution < 1.29 is 18.4 Å². The topological polar surface area (TPSA) is 50.5 Å². The lowest BCUT2D eigenvalue weighted by Gasteiger charge is -2.19. The van der Waals surface area contributed by atoms with E-state index in [-0.39, 0.29) is 30.1 Å². The van der Waals surface area contributed by atoms with E-state index < -0.39 is 0 Å². The molecule has 3 aromatic rings. The zero-order chi connectivity index (χ0) is 18.1. The fourth-order valence-electron chi connectivity index (χ4n) is 3.36. The van der Waals surface area contributed by atoms with Crippen LogP contribution in [0.25, 0.3) is 0 Å². The fourth-order valence-corrected chi connectivity index (χ4v) is 3.36. The van der Waals surface area contributed by atoms with Crippen molar-refractivity contribution in [1.82, 2.24) is 4.90 Å². The largest absolute Gasteiger partial charge is 0.469 e. The minimum atomic E-state index is -0.313. The predicted molar refractivity (Wildman–Crippen MR) is 93.4 cm³/mol. The quantitative estimate of drug-likeness (QED) is 0.648. The van der Waals surface area contributed by atoms with Crippen molar-refractivity contribution in [3.8, 4) is 0 Å². The lowest BCUT2D eigenvalue weighted by molar-refractivity contribution is 0.0650. The van der Waals surface area contributed by atoms with Gasteiger partial charge in [-0.2, -0.15) is 0 Å². The molecule has 0 fully saturated rings. The highest BCUT2D eigenvalue weighted by Crippen LogP contribution is 2.30. The molecule has 1 aliphatic heterocycles. The number of hydrogen-bond acceptors (Lipinski definition) is 3. The molecule has 0 aliphatic carbocycles. The molecular weight excluding hydrogens is 333 g/mol. The summed E-state index contributed by atoms with van der Waals surface area (Å²) in [6, 6.07) is 16.6. The van der Waals surface area contributed by atoms with E-state index in [4.69, 9.17) is 4.42 Å². The van der Waals surface area contributed by atoms with Gasteiger partial charge in [-0.15, -0.1) is 0 Å². The van der Waals surface area contributed by atoms with Crippen molar-refractivity contribution in [2.75, 3.05) is 6.54 Å². The number of benzene rings is 2. The van der Waals surface area contributed by atoms with Crippen molar-refractivity contribution >= 4 is 11.8 Å². The number of furan rings is 1. The molecule has 1 atom stereocenters. The summed E-state index contributed by atoms with van der Waals surface area (Å²) in [4.78, 5) is 26.3. The van der Waals surface area contributed by atoms with Crippen molar-refractivity contribution in [2.45, 2.75) is 12.3 Å². The summed E-state index contributed by atoms with van der Waals surface area (Å²) in [5.74, 6) is -0.318. The lowest BCUT2D eigenvalue weighted by atomic mass is 9.93. The van der Waals surface area contributed by atoms with Crippen LogP contribution < -0.4 is 0 Å². The van der Waals surface area contributed by atoms with Gasteiger partial charge in [-0.3, -0.25) is 14.5 Å². The Morgan fingerprint density at radius 1 is 0.885 bits per heavy atom. The second-order valence-corrected chi connectivity index (χ2v) is 6.22. The summed E-state index contributed by atoms with van der Waals surface area (Å²) >= 11 is 0. The molecule has 4 nitrogen and oxygen atoms in total. The van der Waals surface area contributed by atoms with Crippen molar-refractivity contribution in [3.63, 3.8) is 0 Å². The third kappa shape index (κ3) is 2.81. The van der Waals surface area contributed by atoms with Crippen LogP contribution in [0, 0.1) is 5.82 Å². The zero-order valence-corrected chi connectivity index (χ0v) is 13.9. The molecule has 4 rings (SSSR count). The molecule has 0 radical (unpaired) electrons. The highest BCUT2D eigenvalue weighted by atomic mass is 19.1. The summed E-state index contributed by atoms with van der Waals surface area (Å²) < 4.78 is 18.8. The zero-order valence-electron chi connectivity index (χ0n) is 13.9. The Morgan fingerprint density at radius 2 is 1.54 bits per heavy atom. The number of amides is 2. The third-order valence-corrected chi connectivity index (χ3v) is 4.68. The van der Waals surface area contributed by atoms with Gasteiger partial charge in [0.15, 0.2) is 0 Å². The number of nitrogens with zero attached hydrogens (tertiary/aromatic N) is 1. The van der Waals surface area contributed by atoms with E-state index in [1.54, 1.807) is 48.7 Å². The van der Waals surface area contributed by atoms with Gasteiger partial charge in [0.1, 0.15) is 11.6 Å². The van der Waals surface area contributed by atoms with E-state index in [2.05, 4.69) is 0 Å². The summed E-state index contributed by atoms with van der Waals surface area (Å²) in [5, 5.41) is 0. The third-order valence-electron chi connectivity index (χ3n) is 4.68. The van der Waals surface area contributed by atoms with Gasteiger partial charge >= 0.3 is 0 Å². The maximum atomic E-state index is 13.3. The van der Waals surface area contributed by atoms with Gasteiger partial charge in [0.2, 0.25) is 0 Å². The van der Waals surface area contributed by atoms with Crippen molar-refractivity contribution in [2.24, 2.45) is 0 Å². The average molecular weight is 349 g/mol. The summed E-state index contributed by atoms with van der Waals surface area (Å²) in [5.41, 5.74) is 1.75. The van der Waals surface area contributed by atoms with E-state index in [0.29, 0.717) is 23.3 Å². The Labute approximate surface area is 149 Å². The first-order valence-corrected chi connectivity index (χ1v) is 8.39. The number of halogens is 1. The second-order valence-electron chi connectivity index (χ2n) is 6.22. The van der Waals surface area contributed by atoms with Crippen molar-refractivity contribution in [3.05, 3.63) is 95.2 Å². The van der Waals surface area contributed by atoms with Crippen LogP contribution in [-0.2, 0) is 0 Å². The number of carbonyl (C=O) groups is 2. The Morgan fingerprint density at radius 3 is 2.12 bits per heavy atom. The first kappa shape index (κ1) is 16.3. The summed E-state index contributed by atoms with van der Waals surface area (Å²) in [6.45, 7) is 0.259. The van der Waals surface area contributed by atoms with Gasteiger partial charge in [0.05, 0.1) is 17.4 Å². The molecule has 0 bridgehead atoms. The van der Waals surface area contributed by atoms with Crippen LogP contribution in [0.3, 0.4) is 0 Å². The molecule has 0 saturated carbocycles. The number of imide groups is 1. The van der Waals surface area contributed by atoms with Gasteiger partial charge in [-0.25, -0.2) is 4.39 Å². The first-order valence-electron chi connectivity index (χ1n) is 8.39. The summed E-state index contributed by atoms with van der Waals surface area (Å²) in [7, 11) is 0. The molecule has 0 N–H and O–H groups in total. The average Bonchev–Trinajstić information content (AvgIpc) is 3.27. The molecule has 0 saturated heterocycles. The van der Waals surface area contributed by atoms with Gasteiger partial charge in [0, 0.05) is 12.5 Å². The van der Waals surface area contributed by atoms with Crippen LogP contribution in [0.1, 0.15) is 44.4 Å². The van der Waals surface area contributed by atoms with Crippen LogP contribution >= 0.6 is 0 Å². The SMILES string of the molecule is O=C1c2ccccc2C(=O)N1CC[C@H](c1ccc(F)cc1)c1ccco1. The minimum absolute atomic E-state index is 0.171. The Kier molecular flexibility index (Phi) is 4.13. The van der Waals surface area contributed by atoms with E-state index in [1.807, 2.05) is 6.07 Å². The minimum Gasteiger partial charge on any atom is -0.469 e. The summed E-state index contributed by atoms with van der Waals surface area (Å²) in [6.07, 6.45) is 2.07. The molecule has 26 heavy (non-hydrogen) atoms. The lowest BCUT2D eigenvalue weighted by Crippen LogP contribution is -2.31. The molecule has 1 aliphatic rings. The number of fused-ring (bicyclic) bond motifs is 1.